The van der Waals surface area contributed by atoms with Crippen molar-refractivity contribution in [3.8, 4) is 0 Å². The molecule has 0 radical (unpaired) electrons. The lowest BCUT2D eigenvalue weighted by molar-refractivity contribution is -0.131. The number of hydrogen-bond acceptors (Lipinski definition) is 3. The molecular formula is C24H32N2O2. The van der Waals surface area contributed by atoms with Crippen LogP contribution in [0.15, 0.2) is 60.7 Å². The first-order valence-electron chi connectivity index (χ1n) is 10.3. The van der Waals surface area contributed by atoms with E-state index in [1.165, 1.54) is 11.1 Å². The topological polar surface area (TPSA) is 32.8 Å². The molecule has 1 aliphatic rings. The molecule has 1 aliphatic heterocycles. The molecule has 28 heavy (non-hydrogen) atoms. The predicted octanol–water partition coefficient (Wildman–Crippen LogP) is 3.27. The lowest BCUT2D eigenvalue weighted by Crippen LogP contribution is -2.37. The maximum Gasteiger partial charge on any atom is 0.222 e. The van der Waals surface area contributed by atoms with Gasteiger partial charge in [0.15, 0.2) is 0 Å². The van der Waals surface area contributed by atoms with Crippen LogP contribution >= 0.6 is 0 Å². The van der Waals surface area contributed by atoms with Crippen LogP contribution in [-0.2, 0) is 22.4 Å². The van der Waals surface area contributed by atoms with Gasteiger partial charge in [-0.15, -0.1) is 0 Å². The smallest absolute Gasteiger partial charge is 0.222 e. The first-order valence-corrected chi connectivity index (χ1v) is 10.3. The minimum absolute atomic E-state index is 0.259. The average molecular weight is 381 g/mol. The highest BCUT2D eigenvalue weighted by Crippen LogP contribution is 2.14. The van der Waals surface area contributed by atoms with Gasteiger partial charge in [-0.25, -0.2) is 0 Å². The van der Waals surface area contributed by atoms with Gasteiger partial charge in [0.05, 0.1) is 6.61 Å². The van der Waals surface area contributed by atoms with Crippen LogP contribution in [0.25, 0.3) is 0 Å². The van der Waals surface area contributed by atoms with Crippen LogP contribution < -0.4 is 0 Å². The zero-order valence-electron chi connectivity index (χ0n) is 16.9. The van der Waals surface area contributed by atoms with E-state index in [0.717, 1.165) is 45.6 Å². The third-order valence-electron chi connectivity index (χ3n) is 5.47. The Kier molecular flexibility index (Phi) is 8.07. The normalized spacial score (nSPS) is 18.0. The summed E-state index contributed by atoms with van der Waals surface area (Å²) >= 11 is 0. The molecule has 150 valence electrons. The van der Waals surface area contributed by atoms with Crippen molar-refractivity contribution in [3.05, 3.63) is 71.8 Å². The molecule has 0 N–H and O–H groups in total. The van der Waals surface area contributed by atoms with Crippen LogP contribution in [0.3, 0.4) is 0 Å². The van der Waals surface area contributed by atoms with E-state index in [1.54, 1.807) is 7.11 Å². The number of nitrogens with zero attached hydrogens (tertiary/aromatic N) is 2. The number of carbonyl (C=O) groups excluding carboxylic acids is 1. The average Bonchev–Trinajstić information content (AvgIpc) is 2.95. The second kappa shape index (κ2) is 11.0. The van der Waals surface area contributed by atoms with Crippen LogP contribution in [0.1, 0.15) is 17.5 Å². The maximum atomic E-state index is 12.8. The van der Waals surface area contributed by atoms with E-state index in [2.05, 4.69) is 52.3 Å². The lowest BCUT2D eigenvalue weighted by Gasteiger charge is -2.24. The molecule has 1 fully saturated rings. The minimum atomic E-state index is 0.259. The van der Waals surface area contributed by atoms with Gasteiger partial charge in [-0.2, -0.15) is 0 Å². The maximum absolute atomic E-state index is 12.8. The quantitative estimate of drug-likeness (QED) is 0.705. The van der Waals surface area contributed by atoms with E-state index in [0.29, 0.717) is 18.9 Å². The Morgan fingerprint density at radius 3 is 2.21 bits per heavy atom. The number of methoxy groups -OCH3 is 1. The fourth-order valence-electron chi connectivity index (χ4n) is 3.94. The highest BCUT2D eigenvalue weighted by Gasteiger charge is 2.25. The number of carbonyl (C=O) groups is 1. The lowest BCUT2D eigenvalue weighted by atomic mass is 10.1. The molecule has 1 amide bonds. The minimum Gasteiger partial charge on any atom is -0.384 e. The molecule has 1 unspecified atom stereocenters. The van der Waals surface area contributed by atoms with Crippen LogP contribution in [0.4, 0.5) is 0 Å². The first kappa shape index (κ1) is 20.6. The summed E-state index contributed by atoms with van der Waals surface area (Å²) in [5.41, 5.74) is 2.59. The molecule has 4 heteroatoms. The van der Waals surface area contributed by atoms with Gasteiger partial charge in [-0.3, -0.25) is 4.79 Å². The van der Waals surface area contributed by atoms with E-state index in [4.69, 9.17) is 4.74 Å². The highest BCUT2D eigenvalue weighted by molar-refractivity contribution is 5.76. The van der Waals surface area contributed by atoms with Gasteiger partial charge in [0.2, 0.25) is 5.91 Å². The molecule has 0 spiro atoms. The van der Waals surface area contributed by atoms with Gasteiger partial charge in [-0.05, 0) is 24.0 Å². The van der Waals surface area contributed by atoms with Crippen molar-refractivity contribution in [2.24, 2.45) is 5.92 Å². The van der Waals surface area contributed by atoms with E-state index in [-0.39, 0.29) is 5.91 Å². The van der Waals surface area contributed by atoms with Gasteiger partial charge in [0, 0.05) is 52.2 Å². The number of benzene rings is 2. The zero-order valence-corrected chi connectivity index (χ0v) is 16.9. The summed E-state index contributed by atoms with van der Waals surface area (Å²) in [5.74, 6) is 0.624. The van der Waals surface area contributed by atoms with Gasteiger partial charge in [-0.1, -0.05) is 60.7 Å². The Bertz CT molecular complexity index is 705. The SMILES string of the molecule is COCC1CN(CCc2ccccc2)CCN(C(=O)CCc2ccccc2)C1. The van der Waals surface area contributed by atoms with Crippen LogP contribution in [-0.4, -0.2) is 62.1 Å². The largest absolute Gasteiger partial charge is 0.384 e. The summed E-state index contributed by atoms with van der Waals surface area (Å²) in [5, 5.41) is 0. The molecular weight excluding hydrogens is 348 g/mol. The van der Waals surface area contributed by atoms with Crippen molar-refractivity contribution in [3.63, 3.8) is 0 Å². The zero-order chi connectivity index (χ0) is 19.6. The summed E-state index contributed by atoms with van der Waals surface area (Å²) in [4.78, 5) is 17.4. The third kappa shape index (κ3) is 6.47. The molecule has 1 atom stereocenters. The van der Waals surface area contributed by atoms with Gasteiger partial charge in [0.25, 0.3) is 0 Å². The van der Waals surface area contributed by atoms with Crippen LogP contribution in [0.2, 0.25) is 0 Å². The molecule has 2 aromatic carbocycles. The van der Waals surface area contributed by atoms with E-state index >= 15 is 0 Å². The predicted molar refractivity (Wildman–Crippen MR) is 113 cm³/mol. The summed E-state index contributed by atoms with van der Waals surface area (Å²) in [7, 11) is 1.75. The fraction of sp³-hybridized carbons (Fsp3) is 0.458. The van der Waals surface area contributed by atoms with Crippen molar-refractivity contribution in [1.82, 2.24) is 9.80 Å². The Morgan fingerprint density at radius 2 is 1.57 bits per heavy atom. The van der Waals surface area contributed by atoms with E-state index < -0.39 is 0 Å². The molecule has 0 aromatic heterocycles. The van der Waals surface area contributed by atoms with E-state index in [9.17, 15) is 4.79 Å². The van der Waals surface area contributed by atoms with Crippen LogP contribution in [0, 0.1) is 5.92 Å². The number of ether oxygens (including phenoxy) is 1. The molecule has 1 heterocycles. The van der Waals surface area contributed by atoms with Crippen molar-refractivity contribution < 1.29 is 9.53 Å². The summed E-state index contributed by atoms with van der Waals surface area (Å²) < 4.78 is 5.44. The second-order valence-electron chi connectivity index (χ2n) is 7.68. The molecule has 0 saturated carbocycles. The molecule has 0 bridgehead atoms. The van der Waals surface area contributed by atoms with Crippen molar-refractivity contribution in [2.75, 3.05) is 46.4 Å². The standard InChI is InChI=1S/C24H32N2O2/c1-28-20-23-18-25(15-14-22-10-6-3-7-11-22)16-17-26(19-23)24(27)13-12-21-8-4-2-5-9-21/h2-11,23H,12-20H2,1H3. The van der Waals surface area contributed by atoms with Gasteiger partial charge in [0.1, 0.15) is 0 Å². The van der Waals surface area contributed by atoms with Crippen molar-refractivity contribution in [2.45, 2.75) is 19.3 Å². The molecule has 0 aliphatic carbocycles. The number of aryl methyl sites for hydroxylation is 1. The first-order chi connectivity index (χ1) is 13.7. The number of hydrogen-bond donors (Lipinski definition) is 0. The number of amides is 1. The third-order valence-corrected chi connectivity index (χ3v) is 5.47. The summed E-state index contributed by atoms with van der Waals surface area (Å²) in [6.07, 6.45) is 2.43. The van der Waals surface area contributed by atoms with Crippen LogP contribution in [0.5, 0.6) is 0 Å². The Labute approximate surface area is 169 Å². The Hall–Kier alpha value is -2.17. The summed E-state index contributed by atoms with van der Waals surface area (Å²) in [6.45, 7) is 5.25. The van der Waals surface area contributed by atoms with Crippen molar-refractivity contribution in [1.29, 1.82) is 0 Å². The molecule has 3 rings (SSSR count). The summed E-state index contributed by atoms with van der Waals surface area (Å²) in [6, 6.07) is 20.9. The molecule has 4 nitrogen and oxygen atoms in total. The van der Waals surface area contributed by atoms with E-state index in [1.807, 2.05) is 18.2 Å². The molecule has 1 saturated heterocycles. The Morgan fingerprint density at radius 1 is 0.929 bits per heavy atom. The van der Waals surface area contributed by atoms with Crippen molar-refractivity contribution >= 4 is 5.91 Å². The number of rotatable bonds is 8. The molecule has 2 aromatic rings. The van der Waals surface area contributed by atoms with Gasteiger partial charge < -0.3 is 14.5 Å². The monoisotopic (exact) mass is 380 g/mol. The second-order valence-corrected chi connectivity index (χ2v) is 7.68. The van der Waals surface area contributed by atoms with Gasteiger partial charge >= 0.3 is 0 Å². The fourth-order valence-corrected chi connectivity index (χ4v) is 3.94. The Balaban J connectivity index is 1.54. The highest BCUT2D eigenvalue weighted by atomic mass is 16.5.